The molecule has 0 atom stereocenters. The fourth-order valence-electron chi connectivity index (χ4n) is 8.08. The van der Waals surface area contributed by atoms with Gasteiger partial charge in [0.2, 0.25) is 5.28 Å². The van der Waals surface area contributed by atoms with Crippen LogP contribution in [0.3, 0.4) is 0 Å². The van der Waals surface area contributed by atoms with Crippen LogP contribution in [-0.4, -0.2) is 88.3 Å². The van der Waals surface area contributed by atoms with Crippen molar-refractivity contribution in [1.82, 2.24) is 38.5 Å². The van der Waals surface area contributed by atoms with Crippen LogP contribution in [0.15, 0.2) is 65.6 Å². The van der Waals surface area contributed by atoms with Crippen LogP contribution in [0, 0.1) is 17.1 Å². The lowest BCUT2D eigenvalue weighted by Crippen LogP contribution is -2.43. The van der Waals surface area contributed by atoms with Crippen molar-refractivity contribution < 1.29 is 28.2 Å². The molecule has 2 aliphatic rings. The first kappa shape index (κ1) is 40.2. The highest BCUT2D eigenvalue weighted by Gasteiger charge is 2.34. The molecule has 17 heteroatoms. The molecule has 0 aliphatic carbocycles. The van der Waals surface area contributed by atoms with Crippen molar-refractivity contribution in [2.24, 2.45) is 0 Å². The van der Waals surface area contributed by atoms with Gasteiger partial charge < -0.3 is 23.8 Å². The number of carbonyl (C=O) groups is 3. The Morgan fingerprint density at radius 1 is 1.00 bits per heavy atom. The van der Waals surface area contributed by atoms with E-state index in [2.05, 4.69) is 15.0 Å². The van der Waals surface area contributed by atoms with E-state index in [-0.39, 0.29) is 53.3 Å². The van der Waals surface area contributed by atoms with Crippen LogP contribution >= 0.6 is 11.6 Å². The molecule has 2 amide bonds. The van der Waals surface area contributed by atoms with E-state index in [0.29, 0.717) is 61.4 Å². The minimum atomic E-state index is -0.789. The molecule has 15 nitrogen and oxygen atoms in total. The molecule has 1 saturated heterocycles. The molecule has 0 unspecified atom stereocenters. The Morgan fingerprint density at radius 2 is 1.75 bits per heavy atom. The minimum absolute atomic E-state index is 0.0500. The Labute approximate surface area is 348 Å². The van der Waals surface area contributed by atoms with Gasteiger partial charge >= 0.3 is 17.8 Å². The van der Waals surface area contributed by atoms with Crippen LogP contribution in [0.5, 0.6) is 0 Å². The quantitative estimate of drug-likeness (QED) is 0.126. The van der Waals surface area contributed by atoms with Gasteiger partial charge in [-0.2, -0.15) is 10.2 Å². The maximum absolute atomic E-state index is 15.1. The normalized spacial score (nSPS) is 14.6. The highest BCUT2D eigenvalue weighted by atomic mass is 35.5. The predicted molar refractivity (Wildman–Crippen MR) is 219 cm³/mol. The number of fused-ring (bicyclic) bond motifs is 4. The number of halogens is 2. The molecule has 4 aromatic heterocycles. The Balaban J connectivity index is 1.11. The largest absolute Gasteiger partial charge is 0.461 e. The van der Waals surface area contributed by atoms with Gasteiger partial charge in [-0.05, 0) is 113 Å². The molecule has 6 aromatic rings. The lowest BCUT2D eigenvalue weighted by molar-refractivity contribution is 0.0188. The van der Waals surface area contributed by atoms with Gasteiger partial charge in [-0.1, -0.05) is 6.07 Å². The third kappa shape index (κ3) is 7.45. The number of hydrogen-bond donors (Lipinski definition) is 0. The first-order valence-electron chi connectivity index (χ1n) is 19.6. The molecule has 2 aromatic carbocycles. The third-order valence-electron chi connectivity index (χ3n) is 10.8. The summed E-state index contributed by atoms with van der Waals surface area (Å²) in [7, 11) is 0. The molecule has 2 aliphatic heterocycles. The zero-order chi connectivity index (χ0) is 42.5. The number of amides is 2. The first-order valence-corrected chi connectivity index (χ1v) is 20.0. The van der Waals surface area contributed by atoms with E-state index >= 15 is 4.39 Å². The summed E-state index contributed by atoms with van der Waals surface area (Å²) in [4.78, 5) is 71.4. The molecule has 1 fully saturated rings. The predicted octanol–water partition coefficient (Wildman–Crippen LogP) is 6.59. The van der Waals surface area contributed by atoms with Crippen molar-refractivity contribution in [2.75, 3.05) is 26.2 Å². The van der Waals surface area contributed by atoms with Gasteiger partial charge in [0.25, 0.3) is 5.91 Å². The van der Waals surface area contributed by atoms with Gasteiger partial charge in [0.15, 0.2) is 11.3 Å². The summed E-state index contributed by atoms with van der Waals surface area (Å²) in [5.41, 5.74) is 2.74. The Hall–Kier alpha value is -6.60. The Morgan fingerprint density at radius 3 is 2.43 bits per heavy atom. The Kier molecular flexibility index (Phi) is 10.6. The van der Waals surface area contributed by atoms with Crippen LogP contribution in [0.2, 0.25) is 5.28 Å². The topological polar surface area (TPSA) is 170 Å². The zero-order valence-electron chi connectivity index (χ0n) is 33.4. The number of rotatable bonds is 7. The molecular formula is C43H41ClFN9O6. The summed E-state index contributed by atoms with van der Waals surface area (Å²) in [6.45, 7) is 8.56. The molecule has 0 radical (unpaired) electrons. The zero-order valence-corrected chi connectivity index (χ0v) is 34.2. The van der Waals surface area contributed by atoms with E-state index in [4.69, 9.17) is 21.1 Å². The smallest absolute Gasteiger partial charge is 0.410 e. The van der Waals surface area contributed by atoms with Crippen LogP contribution < -0.4 is 5.69 Å². The maximum atomic E-state index is 15.1. The van der Waals surface area contributed by atoms with Crippen LogP contribution in [0.4, 0.5) is 9.18 Å². The second-order valence-electron chi connectivity index (χ2n) is 15.7. The van der Waals surface area contributed by atoms with Gasteiger partial charge in [-0.25, -0.2) is 28.7 Å². The first-order chi connectivity index (χ1) is 28.8. The van der Waals surface area contributed by atoms with E-state index in [1.165, 1.54) is 15.2 Å². The van der Waals surface area contributed by atoms with Crippen molar-refractivity contribution in [3.63, 3.8) is 0 Å². The molecule has 6 heterocycles. The SMILES string of the molecule is CCOC(=O)c1nc(Cl)nc2c1n(-c1ccc(C(=O)N3CCc4c(n(Cc5ccc(C#N)cc5F)c5ncccc45)C3)cc1)c(=O)n2C1CCN(C(=O)OC(C)(C)C)CC1. The second-order valence-corrected chi connectivity index (χ2v) is 16.1. The number of carbonyl (C=O) groups excluding carboxylic acids is 3. The number of pyridine rings is 1. The van der Waals surface area contributed by atoms with Gasteiger partial charge in [-0.15, -0.1) is 0 Å². The van der Waals surface area contributed by atoms with Gasteiger partial charge in [-0.3, -0.25) is 13.9 Å². The van der Waals surface area contributed by atoms with Crippen molar-refractivity contribution in [2.45, 2.75) is 71.7 Å². The number of imidazole rings is 1. The monoisotopic (exact) mass is 833 g/mol. The van der Waals surface area contributed by atoms with Crippen molar-refractivity contribution in [1.29, 1.82) is 5.26 Å². The maximum Gasteiger partial charge on any atom is 0.410 e. The van der Waals surface area contributed by atoms with Gasteiger partial charge in [0, 0.05) is 54.1 Å². The van der Waals surface area contributed by atoms with Gasteiger partial charge in [0.1, 0.15) is 22.6 Å². The Bertz CT molecular complexity index is 2790. The van der Waals surface area contributed by atoms with E-state index in [9.17, 15) is 24.4 Å². The second kappa shape index (κ2) is 15.9. The molecule has 0 spiro atoms. The molecule has 0 bridgehead atoms. The number of piperidine rings is 1. The molecular weight excluding hydrogens is 793 g/mol. The number of esters is 1. The van der Waals surface area contributed by atoms with E-state index in [0.717, 1.165) is 16.6 Å². The summed E-state index contributed by atoms with van der Waals surface area (Å²) < 4.78 is 30.7. The fraction of sp³-hybridized carbons (Fsp3) is 0.349. The highest BCUT2D eigenvalue weighted by Crippen LogP contribution is 2.33. The summed E-state index contributed by atoms with van der Waals surface area (Å²) in [5.74, 6) is -1.54. The number of aromatic nitrogens is 6. The minimum Gasteiger partial charge on any atom is -0.461 e. The standard InChI is InChI=1S/C43H41ClFN9O6/c1-5-59-39(56)34-35-37(49-40(44)48-34)54(29-14-18-50(19-15-29)42(58)60-43(2,3)4)41(57)53(35)28-12-10-26(11-13-28)38(55)51-20-16-30-31-7-6-17-47-36(31)52(33(30)24-51)23-27-9-8-25(22-46)21-32(27)45/h6-13,17,21,29H,5,14-16,18-20,23-24H2,1-4H3. The molecule has 0 saturated carbocycles. The number of ether oxygens (including phenoxy) is 2. The molecule has 60 heavy (non-hydrogen) atoms. The van der Waals surface area contributed by atoms with E-state index in [1.54, 1.807) is 80.1 Å². The number of likely N-dealkylation sites (tertiary alicyclic amines) is 1. The lowest BCUT2D eigenvalue weighted by Gasteiger charge is -2.33. The van der Waals surface area contributed by atoms with E-state index < -0.39 is 35.2 Å². The van der Waals surface area contributed by atoms with Crippen LogP contribution in [-0.2, 0) is 29.0 Å². The number of nitrogens with zero attached hydrogens (tertiary/aromatic N) is 9. The average molecular weight is 834 g/mol. The summed E-state index contributed by atoms with van der Waals surface area (Å²) >= 11 is 6.37. The van der Waals surface area contributed by atoms with Crippen LogP contribution in [0.1, 0.15) is 89.8 Å². The van der Waals surface area contributed by atoms with E-state index in [1.807, 2.05) is 22.8 Å². The highest BCUT2D eigenvalue weighted by molar-refractivity contribution is 6.28. The van der Waals surface area contributed by atoms with Crippen LogP contribution in [0.25, 0.3) is 27.9 Å². The molecule has 8 rings (SSSR count). The molecule has 0 N–H and O–H groups in total. The average Bonchev–Trinajstić information content (AvgIpc) is 3.70. The number of nitriles is 1. The number of benzene rings is 2. The summed E-state index contributed by atoms with van der Waals surface area (Å²) in [6, 6.07) is 16.2. The van der Waals surface area contributed by atoms with Crippen molar-refractivity contribution >= 4 is 51.8 Å². The molecule has 308 valence electrons. The third-order valence-corrected chi connectivity index (χ3v) is 11.0. The number of hydrogen-bond acceptors (Lipinski definition) is 10. The van der Waals surface area contributed by atoms with Crippen molar-refractivity contribution in [3.05, 3.63) is 116 Å². The fourth-order valence-corrected chi connectivity index (χ4v) is 8.25. The van der Waals surface area contributed by atoms with Gasteiger partial charge in [0.05, 0.1) is 37.0 Å². The van der Waals surface area contributed by atoms with Crippen molar-refractivity contribution in [3.8, 4) is 11.8 Å². The lowest BCUT2D eigenvalue weighted by atomic mass is 10.0. The summed E-state index contributed by atoms with van der Waals surface area (Å²) in [5, 5.41) is 9.93. The summed E-state index contributed by atoms with van der Waals surface area (Å²) in [6.07, 6.45) is 2.59.